The summed E-state index contributed by atoms with van der Waals surface area (Å²) < 4.78 is 0.348. The average molecular weight is 336 g/mol. The van der Waals surface area contributed by atoms with E-state index in [9.17, 15) is 5.26 Å². The van der Waals surface area contributed by atoms with Gasteiger partial charge in [0.25, 0.3) is 0 Å². The predicted octanol–water partition coefficient (Wildman–Crippen LogP) is 3.87. The lowest BCUT2D eigenvalue weighted by Crippen LogP contribution is -2.28. The van der Waals surface area contributed by atoms with Gasteiger partial charge in [-0.1, -0.05) is 103 Å². The summed E-state index contributed by atoms with van der Waals surface area (Å²) in [5.74, 6) is 0. The maximum Gasteiger partial charge on any atom is 0.126 e. The number of hydrogen-bond acceptors (Lipinski definition) is 1. The number of nitrogens with zero attached hydrogens (tertiary/aromatic N) is 1. The van der Waals surface area contributed by atoms with Crippen LogP contribution in [0, 0.1) is 11.3 Å². The second-order valence-electron chi connectivity index (χ2n) is 5.08. The second-order valence-corrected chi connectivity index (χ2v) is 9.06. The molecule has 0 spiro atoms. The van der Waals surface area contributed by atoms with E-state index >= 15 is 0 Å². The fraction of sp³-hybridized carbons (Fsp3) is 0. The molecule has 112 valence electrons. The van der Waals surface area contributed by atoms with Crippen LogP contribution in [0.3, 0.4) is 0 Å². The number of halogens is 1. The van der Waals surface area contributed by atoms with Gasteiger partial charge in [-0.15, -0.1) is 0 Å². The maximum atomic E-state index is 9.66. The molecule has 0 bridgehead atoms. The molecule has 0 aliphatic heterocycles. The Morgan fingerprint density at radius 1 is 0.652 bits per heavy atom. The highest BCUT2D eigenvalue weighted by atomic mass is 35.5. The van der Waals surface area contributed by atoms with E-state index in [2.05, 4.69) is 42.5 Å². The van der Waals surface area contributed by atoms with Gasteiger partial charge < -0.3 is 0 Å². The van der Waals surface area contributed by atoms with Crippen molar-refractivity contribution in [1.82, 2.24) is 0 Å². The number of benzene rings is 3. The van der Waals surface area contributed by atoms with Crippen LogP contribution in [0.25, 0.3) is 0 Å². The van der Waals surface area contributed by atoms with Gasteiger partial charge in [-0.2, -0.15) is 5.26 Å². The molecule has 0 N–H and O–H groups in total. The van der Waals surface area contributed by atoms with Gasteiger partial charge in [-0.3, -0.25) is 0 Å². The Balaban J connectivity index is 2.50. The lowest BCUT2D eigenvalue weighted by Gasteiger charge is -2.28. The van der Waals surface area contributed by atoms with Gasteiger partial charge in [0, 0.05) is 6.89 Å². The Morgan fingerprint density at radius 3 is 1.22 bits per heavy atom. The highest BCUT2D eigenvalue weighted by molar-refractivity contribution is 7.97. The van der Waals surface area contributed by atoms with Crippen LogP contribution in [0.5, 0.6) is 0 Å². The summed E-state index contributed by atoms with van der Waals surface area (Å²) in [5.41, 5.74) is 0. The minimum Gasteiger partial charge on any atom is -0.191 e. The van der Waals surface area contributed by atoms with Gasteiger partial charge in [0.05, 0.1) is 0 Å². The first-order valence-corrected chi connectivity index (χ1v) is 9.46. The third-order valence-corrected chi connectivity index (χ3v) is 8.57. The molecular weight excluding hydrogens is 321 g/mol. The standard InChI is InChI=1S/C20H15ClNP/c21-20(16-22)23(17-10-4-1-5-11-17,18-12-6-2-7-13-18)19-14-8-3-9-15-19/h1-15H. The highest BCUT2D eigenvalue weighted by Crippen LogP contribution is 2.46. The zero-order chi connectivity index (χ0) is 16.1. The van der Waals surface area contributed by atoms with Crippen LogP contribution in [-0.4, -0.2) is 4.75 Å². The summed E-state index contributed by atoms with van der Waals surface area (Å²) in [5, 5.41) is 12.9. The first-order valence-electron chi connectivity index (χ1n) is 7.29. The summed E-state index contributed by atoms with van der Waals surface area (Å²) in [6.07, 6.45) is 0. The van der Waals surface area contributed by atoms with Crippen molar-refractivity contribution in [2.24, 2.45) is 0 Å². The minimum atomic E-state index is -2.32. The fourth-order valence-electron chi connectivity index (χ4n) is 2.82. The van der Waals surface area contributed by atoms with Crippen LogP contribution in [0.2, 0.25) is 0 Å². The molecule has 0 aromatic heterocycles. The lowest BCUT2D eigenvalue weighted by molar-refractivity contribution is 1.56. The van der Waals surface area contributed by atoms with E-state index < -0.39 is 6.89 Å². The van der Waals surface area contributed by atoms with Crippen molar-refractivity contribution in [1.29, 1.82) is 5.26 Å². The van der Waals surface area contributed by atoms with Gasteiger partial charge >= 0.3 is 0 Å². The Kier molecular flexibility index (Phi) is 4.68. The molecule has 0 aliphatic carbocycles. The van der Waals surface area contributed by atoms with Gasteiger partial charge in [-0.05, 0) is 15.9 Å². The van der Waals surface area contributed by atoms with E-state index in [1.807, 2.05) is 54.6 Å². The van der Waals surface area contributed by atoms with E-state index in [0.717, 1.165) is 15.9 Å². The average Bonchev–Trinajstić information content (AvgIpc) is 2.65. The molecule has 0 unspecified atom stereocenters. The Bertz CT molecular complexity index is 778. The summed E-state index contributed by atoms with van der Waals surface area (Å²) in [4.78, 5) is 0. The van der Waals surface area contributed by atoms with Gasteiger partial charge in [0.15, 0.2) is 0 Å². The molecule has 0 saturated heterocycles. The Hall–Kier alpha value is -2.26. The Labute approximate surface area is 141 Å². The Morgan fingerprint density at radius 2 is 0.957 bits per heavy atom. The second kappa shape index (κ2) is 6.88. The van der Waals surface area contributed by atoms with Gasteiger partial charge in [0.1, 0.15) is 10.8 Å². The molecule has 3 rings (SSSR count). The van der Waals surface area contributed by atoms with Crippen molar-refractivity contribution in [2.45, 2.75) is 0 Å². The zero-order valence-electron chi connectivity index (χ0n) is 12.4. The largest absolute Gasteiger partial charge is 0.191 e. The van der Waals surface area contributed by atoms with Crippen LogP contribution in [-0.2, 0) is 0 Å². The van der Waals surface area contributed by atoms with Crippen LogP contribution in [0.1, 0.15) is 0 Å². The summed E-state index contributed by atoms with van der Waals surface area (Å²) in [6.45, 7) is -2.32. The monoisotopic (exact) mass is 335 g/mol. The van der Waals surface area contributed by atoms with Crippen LogP contribution < -0.4 is 15.9 Å². The van der Waals surface area contributed by atoms with Crippen molar-refractivity contribution in [2.75, 3.05) is 0 Å². The first kappa shape index (κ1) is 15.6. The van der Waals surface area contributed by atoms with Crippen molar-refractivity contribution in [3.8, 4) is 6.07 Å². The molecule has 0 atom stereocenters. The van der Waals surface area contributed by atoms with E-state index in [1.165, 1.54) is 0 Å². The molecule has 3 heteroatoms. The highest BCUT2D eigenvalue weighted by Gasteiger charge is 2.29. The molecular formula is C20H15ClNP. The molecule has 0 saturated carbocycles. The maximum absolute atomic E-state index is 9.66. The fourth-order valence-corrected chi connectivity index (χ4v) is 7.28. The molecule has 3 aromatic rings. The molecule has 0 amide bonds. The molecule has 0 radical (unpaired) electrons. The summed E-state index contributed by atoms with van der Waals surface area (Å²) in [6, 6.07) is 32.5. The van der Waals surface area contributed by atoms with Crippen LogP contribution in [0.4, 0.5) is 0 Å². The molecule has 1 nitrogen and oxygen atoms in total. The third kappa shape index (κ3) is 2.73. The smallest absolute Gasteiger partial charge is 0.126 e. The molecule has 0 aliphatic rings. The molecule has 23 heavy (non-hydrogen) atoms. The van der Waals surface area contributed by atoms with E-state index in [0.29, 0.717) is 4.75 Å². The molecule has 0 heterocycles. The lowest BCUT2D eigenvalue weighted by atomic mass is 10.4. The summed E-state index contributed by atoms with van der Waals surface area (Å²) in [7, 11) is 0. The minimum absolute atomic E-state index is 0.348. The SMILES string of the molecule is N#CC(Cl)=P(c1ccccc1)(c1ccccc1)c1ccccc1. The van der Waals surface area contributed by atoms with Crippen molar-refractivity contribution in [3.63, 3.8) is 0 Å². The summed E-state index contributed by atoms with van der Waals surface area (Å²) >= 11 is 6.60. The van der Waals surface area contributed by atoms with Crippen LogP contribution in [0.15, 0.2) is 91.0 Å². The predicted molar refractivity (Wildman–Crippen MR) is 102 cm³/mol. The van der Waals surface area contributed by atoms with Gasteiger partial charge in [-0.25, -0.2) is 0 Å². The zero-order valence-corrected chi connectivity index (χ0v) is 14.1. The first-order chi connectivity index (χ1) is 11.3. The third-order valence-electron chi connectivity index (χ3n) is 3.82. The van der Waals surface area contributed by atoms with Gasteiger partial charge in [0.2, 0.25) is 0 Å². The van der Waals surface area contributed by atoms with E-state index in [-0.39, 0.29) is 0 Å². The van der Waals surface area contributed by atoms with Crippen molar-refractivity contribution < 1.29 is 0 Å². The molecule has 0 fully saturated rings. The van der Waals surface area contributed by atoms with E-state index in [1.54, 1.807) is 0 Å². The normalized spacial score (nSPS) is 10.8. The molecule has 3 aromatic carbocycles. The quantitative estimate of drug-likeness (QED) is 0.666. The number of rotatable bonds is 3. The van der Waals surface area contributed by atoms with E-state index in [4.69, 9.17) is 11.6 Å². The number of nitriles is 1. The number of hydrogen-bond donors (Lipinski definition) is 0. The van der Waals surface area contributed by atoms with Crippen molar-refractivity contribution >= 4 is 39.2 Å². The van der Waals surface area contributed by atoms with Crippen molar-refractivity contribution in [3.05, 3.63) is 91.0 Å². The topological polar surface area (TPSA) is 23.8 Å². The van der Waals surface area contributed by atoms with Crippen LogP contribution >= 0.6 is 18.5 Å².